The molecule has 3 rings (SSSR count). The molecule has 98 valence electrons. The van der Waals surface area contributed by atoms with E-state index in [1.165, 1.54) is 51.4 Å². The predicted molar refractivity (Wildman–Crippen MR) is 68.9 cm³/mol. The lowest BCUT2D eigenvalue weighted by Gasteiger charge is -2.52. The Morgan fingerprint density at radius 2 is 1.65 bits per heavy atom. The minimum Gasteiger partial charge on any atom is -0.380 e. The lowest BCUT2D eigenvalue weighted by atomic mass is 9.80. The maximum atomic E-state index is 6.20. The summed E-state index contributed by atoms with van der Waals surface area (Å²) in [5.41, 5.74) is 6.20. The van der Waals surface area contributed by atoms with Crippen LogP contribution < -0.4 is 5.73 Å². The lowest BCUT2D eigenvalue weighted by Crippen LogP contribution is -2.60. The zero-order chi connectivity index (χ0) is 11.8. The molecule has 0 radical (unpaired) electrons. The number of rotatable bonds is 2. The summed E-state index contributed by atoms with van der Waals surface area (Å²) in [6.45, 7) is 0. The van der Waals surface area contributed by atoms with Gasteiger partial charge in [0.05, 0.1) is 6.10 Å². The molecule has 3 nitrogen and oxygen atoms in total. The van der Waals surface area contributed by atoms with Gasteiger partial charge in [-0.3, -0.25) is 4.90 Å². The largest absolute Gasteiger partial charge is 0.380 e. The molecule has 1 saturated carbocycles. The van der Waals surface area contributed by atoms with Gasteiger partial charge in [-0.05, 0) is 44.9 Å². The molecule has 0 amide bonds. The van der Waals surface area contributed by atoms with Crippen LogP contribution in [0.5, 0.6) is 0 Å². The standard InChI is InChI=1S/C14H26N2O/c1-17-14-7-3-6-13(14)16-11-4-2-5-12(16)9-10(15)8-11/h10-14H,2-9,15H2,1H3. The van der Waals surface area contributed by atoms with Gasteiger partial charge >= 0.3 is 0 Å². The summed E-state index contributed by atoms with van der Waals surface area (Å²) in [7, 11) is 1.88. The maximum Gasteiger partial charge on any atom is 0.0726 e. The van der Waals surface area contributed by atoms with E-state index in [9.17, 15) is 0 Å². The number of ether oxygens (including phenoxy) is 1. The average molecular weight is 238 g/mol. The molecule has 0 spiro atoms. The van der Waals surface area contributed by atoms with E-state index < -0.39 is 0 Å². The number of piperidine rings is 2. The third-order valence-corrected chi connectivity index (χ3v) is 5.17. The van der Waals surface area contributed by atoms with Gasteiger partial charge in [0.25, 0.3) is 0 Å². The molecular formula is C14H26N2O. The van der Waals surface area contributed by atoms with Crippen LogP contribution in [0.2, 0.25) is 0 Å². The van der Waals surface area contributed by atoms with E-state index in [2.05, 4.69) is 4.90 Å². The second-order valence-corrected chi connectivity index (χ2v) is 6.19. The minimum absolute atomic E-state index is 0.448. The van der Waals surface area contributed by atoms with Crippen molar-refractivity contribution in [1.29, 1.82) is 0 Å². The van der Waals surface area contributed by atoms with E-state index in [-0.39, 0.29) is 0 Å². The van der Waals surface area contributed by atoms with Crippen molar-refractivity contribution in [3.63, 3.8) is 0 Å². The maximum absolute atomic E-state index is 6.20. The van der Waals surface area contributed by atoms with Crippen molar-refractivity contribution in [2.45, 2.75) is 81.6 Å². The molecule has 1 aliphatic carbocycles. The Balaban J connectivity index is 1.77. The SMILES string of the molecule is COC1CCCC1N1C2CCCC1CC(N)C2. The van der Waals surface area contributed by atoms with E-state index >= 15 is 0 Å². The smallest absolute Gasteiger partial charge is 0.0726 e. The fourth-order valence-corrected chi connectivity index (χ4v) is 4.52. The van der Waals surface area contributed by atoms with Gasteiger partial charge in [0.15, 0.2) is 0 Å². The van der Waals surface area contributed by atoms with Crippen LogP contribution in [-0.4, -0.2) is 42.3 Å². The zero-order valence-corrected chi connectivity index (χ0v) is 11.0. The van der Waals surface area contributed by atoms with Crippen LogP contribution in [0.3, 0.4) is 0 Å². The Bertz CT molecular complexity index is 257. The highest BCUT2D eigenvalue weighted by Crippen LogP contribution is 2.39. The molecule has 0 aromatic heterocycles. The summed E-state index contributed by atoms with van der Waals surface area (Å²) in [4.78, 5) is 2.81. The van der Waals surface area contributed by atoms with Crippen LogP contribution in [0.15, 0.2) is 0 Å². The second-order valence-electron chi connectivity index (χ2n) is 6.19. The summed E-state index contributed by atoms with van der Waals surface area (Å²) < 4.78 is 5.70. The first-order valence-corrected chi connectivity index (χ1v) is 7.35. The number of fused-ring (bicyclic) bond motifs is 2. The van der Waals surface area contributed by atoms with Crippen LogP contribution in [0.4, 0.5) is 0 Å². The molecule has 3 heteroatoms. The Kier molecular flexibility index (Phi) is 3.42. The lowest BCUT2D eigenvalue weighted by molar-refractivity contribution is -0.0521. The highest BCUT2D eigenvalue weighted by atomic mass is 16.5. The summed E-state index contributed by atoms with van der Waals surface area (Å²) >= 11 is 0. The Hall–Kier alpha value is -0.120. The molecule has 2 saturated heterocycles. The Morgan fingerprint density at radius 1 is 1.00 bits per heavy atom. The van der Waals surface area contributed by atoms with Crippen molar-refractivity contribution < 1.29 is 4.74 Å². The van der Waals surface area contributed by atoms with Crippen molar-refractivity contribution in [2.75, 3.05) is 7.11 Å². The number of methoxy groups -OCH3 is 1. The van der Waals surface area contributed by atoms with Gasteiger partial charge in [0, 0.05) is 31.3 Å². The van der Waals surface area contributed by atoms with E-state index in [0.29, 0.717) is 18.2 Å². The van der Waals surface area contributed by atoms with Gasteiger partial charge in [-0.25, -0.2) is 0 Å². The molecule has 2 heterocycles. The highest BCUT2D eigenvalue weighted by molar-refractivity contribution is 5.00. The van der Waals surface area contributed by atoms with Gasteiger partial charge in [-0.2, -0.15) is 0 Å². The van der Waals surface area contributed by atoms with Crippen molar-refractivity contribution in [3.8, 4) is 0 Å². The fraction of sp³-hybridized carbons (Fsp3) is 1.00. The number of hydrogen-bond donors (Lipinski definition) is 1. The molecule has 4 unspecified atom stereocenters. The number of hydrogen-bond acceptors (Lipinski definition) is 3. The van der Waals surface area contributed by atoms with Crippen molar-refractivity contribution in [1.82, 2.24) is 4.90 Å². The second kappa shape index (κ2) is 4.87. The molecule has 17 heavy (non-hydrogen) atoms. The van der Waals surface area contributed by atoms with Crippen molar-refractivity contribution in [3.05, 3.63) is 0 Å². The molecule has 3 fully saturated rings. The fourth-order valence-electron chi connectivity index (χ4n) is 4.52. The van der Waals surface area contributed by atoms with E-state index in [1.807, 2.05) is 7.11 Å². The topological polar surface area (TPSA) is 38.5 Å². The van der Waals surface area contributed by atoms with Crippen LogP contribution >= 0.6 is 0 Å². The summed E-state index contributed by atoms with van der Waals surface area (Å²) in [6, 6.07) is 2.63. The normalized spacial score (nSPS) is 47.3. The van der Waals surface area contributed by atoms with E-state index in [1.54, 1.807) is 0 Å². The van der Waals surface area contributed by atoms with Gasteiger partial charge in [-0.15, -0.1) is 0 Å². The number of nitrogens with zero attached hydrogens (tertiary/aromatic N) is 1. The Morgan fingerprint density at radius 3 is 2.29 bits per heavy atom. The summed E-state index contributed by atoms with van der Waals surface area (Å²) in [6.07, 6.45) is 11.0. The molecule has 3 aliphatic rings. The third kappa shape index (κ3) is 2.13. The first kappa shape index (κ1) is 11.9. The monoisotopic (exact) mass is 238 g/mol. The molecule has 2 N–H and O–H groups in total. The van der Waals surface area contributed by atoms with Crippen LogP contribution in [0, 0.1) is 0 Å². The van der Waals surface area contributed by atoms with E-state index in [0.717, 1.165) is 12.1 Å². The Labute approximate surface area is 105 Å². The van der Waals surface area contributed by atoms with Gasteiger partial charge in [0.2, 0.25) is 0 Å². The van der Waals surface area contributed by atoms with Crippen LogP contribution in [-0.2, 0) is 4.74 Å². The van der Waals surface area contributed by atoms with E-state index in [4.69, 9.17) is 10.5 Å². The number of nitrogens with two attached hydrogens (primary N) is 1. The van der Waals surface area contributed by atoms with Crippen LogP contribution in [0.1, 0.15) is 51.4 Å². The van der Waals surface area contributed by atoms with Gasteiger partial charge in [0.1, 0.15) is 0 Å². The summed E-state index contributed by atoms with van der Waals surface area (Å²) in [5.74, 6) is 0. The zero-order valence-electron chi connectivity index (χ0n) is 11.0. The molecule has 2 bridgehead atoms. The third-order valence-electron chi connectivity index (χ3n) is 5.17. The first-order valence-electron chi connectivity index (χ1n) is 7.35. The molecule has 0 aromatic rings. The average Bonchev–Trinajstić information content (AvgIpc) is 2.75. The highest BCUT2D eigenvalue weighted by Gasteiger charge is 2.44. The summed E-state index contributed by atoms with van der Waals surface area (Å²) in [5, 5.41) is 0. The van der Waals surface area contributed by atoms with Gasteiger partial charge in [-0.1, -0.05) is 6.42 Å². The quantitative estimate of drug-likeness (QED) is 0.798. The molecule has 4 atom stereocenters. The van der Waals surface area contributed by atoms with Crippen molar-refractivity contribution >= 4 is 0 Å². The van der Waals surface area contributed by atoms with Gasteiger partial charge < -0.3 is 10.5 Å². The van der Waals surface area contributed by atoms with Crippen molar-refractivity contribution in [2.24, 2.45) is 5.73 Å². The minimum atomic E-state index is 0.448. The molecular weight excluding hydrogens is 212 g/mol. The van der Waals surface area contributed by atoms with Crippen LogP contribution in [0.25, 0.3) is 0 Å². The molecule has 2 aliphatic heterocycles. The first-order chi connectivity index (χ1) is 8.29. The predicted octanol–water partition coefficient (Wildman–Crippen LogP) is 1.90. The molecule has 0 aromatic carbocycles.